The second-order valence-corrected chi connectivity index (χ2v) is 6.48. The quantitative estimate of drug-likeness (QED) is 0.522. The highest BCUT2D eigenvalue weighted by Crippen LogP contribution is 2.35. The lowest BCUT2D eigenvalue weighted by molar-refractivity contribution is 0.0967. The van der Waals surface area contributed by atoms with E-state index in [2.05, 4.69) is 0 Å². The third-order valence-corrected chi connectivity index (χ3v) is 4.95. The molecule has 0 amide bonds. The predicted octanol–water partition coefficient (Wildman–Crippen LogP) is 3.77. The third kappa shape index (κ3) is 2.35. The maximum Gasteiger partial charge on any atom is 0.211 e. The highest BCUT2D eigenvalue weighted by atomic mass is 16.5. The van der Waals surface area contributed by atoms with E-state index in [1.807, 2.05) is 0 Å². The van der Waals surface area contributed by atoms with Crippen LogP contribution in [0.25, 0.3) is 5.69 Å². The Kier molecular flexibility index (Phi) is 3.81. The molecular formula is C22H17NO4. The van der Waals surface area contributed by atoms with Gasteiger partial charge in [-0.15, -0.1) is 0 Å². The average molecular weight is 359 g/mol. The zero-order valence-corrected chi connectivity index (χ0v) is 15.2. The monoisotopic (exact) mass is 359 g/mol. The Hall–Kier alpha value is -3.47. The molecule has 0 saturated carbocycles. The summed E-state index contributed by atoms with van der Waals surface area (Å²) in [7, 11) is 1.57. The second kappa shape index (κ2) is 6.06. The molecule has 0 fully saturated rings. The van der Waals surface area contributed by atoms with E-state index in [0.717, 1.165) is 0 Å². The summed E-state index contributed by atoms with van der Waals surface area (Å²) in [6.45, 7) is 3.17. The van der Waals surface area contributed by atoms with E-state index in [1.165, 1.54) is 6.92 Å². The first-order valence-corrected chi connectivity index (χ1v) is 8.54. The summed E-state index contributed by atoms with van der Waals surface area (Å²) in [6.07, 6.45) is 0. The normalized spacial score (nSPS) is 12.6. The lowest BCUT2D eigenvalue weighted by Crippen LogP contribution is -2.23. The average Bonchev–Trinajstić information content (AvgIpc) is 2.99. The van der Waals surface area contributed by atoms with Gasteiger partial charge in [-0.05, 0) is 38.1 Å². The first kappa shape index (κ1) is 17.0. The molecule has 0 atom stereocenters. The van der Waals surface area contributed by atoms with Crippen LogP contribution in [-0.4, -0.2) is 29.0 Å². The number of benzene rings is 2. The maximum atomic E-state index is 13.2. The van der Waals surface area contributed by atoms with Gasteiger partial charge < -0.3 is 9.30 Å². The van der Waals surface area contributed by atoms with Crippen molar-refractivity contribution in [2.24, 2.45) is 0 Å². The molecule has 5 nitrogen and oxygen atoms in total. The summed E-state index contributed by atoms with van der Waals surface area (Å²) in [4.78, 5) is 38.7. The summed E-state index contributed by atoms with van der Waals surface area (Å²) >= 11 is 0. The zero-order chi connectivity index (χ0) is 19.3. The van der Waals surface area contributed by atoms with Crippen molar-refractivity contribution in [3.05, 3.63) is 82.2 Å². The predicted molar refractivity (Wildman–Crippen MR) is 100 cm³/mol. The number of hydrogen-bond acceptors (Lipinski definition) is 4. The van der Waals surface area contributed by atoms with Gasteiger partial charge in [-0.3, -0.25) is 14.4 Å². The maximum absolute atomic E-state index is 13.2. The van der Waals surface area contributed by atoms with Gasteiger partial charge in [0, 0.05) is 22.5 Å². The van der Waals surface area contributed by atoms with Crippen molar-refractivity contribution >= 4 is 17.3 Å². The number of Topliss-reactive ketones (excluding diaryl/α,β-unsaturated/α-hetero) is 1. The Morgan fingerprint density at radius 3 is 2.07 bits per heavy atom. The van der Waals surface area contributed by atoms with Crippen LogP contribution in [0, 0.1) is 6.92 Å². The van der Waals surface area contributed by atoms with Crippen LogP contribution >= 0.6 is 0 Å². The molecule has 2 aromatic carbocycles. The number of carbonyl (C=O) groups excluding carboxylic acids is 3. The number of ketones is 3. The summed E-state index contributed by atoms with van der Waals surface area (Å²) in [6, 6.07) is 13.9. The fourth-order valence-electron chi connectivity index (χ4n) is 3.75. The molecule has 0 N–H and O–H groups in total. The first-order valence-electron chi connectivity index (χ1n) is 8.54. The standard InChI is InChI=1S/C22H17NO4/c1-12-18(13(2)24)19-20(23(12)14-8-10-15(27-3)11-9-14)22(26)17-7-5-4-6-16(17)21(19)25/h4-11H,1-3H3. The Labute approximate surface area is 156 Å². The number of aromatic nitrogens is 1. The van der Waals surface area contributed by atoms with E-state index in [4.69, 9.17) is 4.74 Å². The van der Waals surface area contributed by atoms with E-state index < -0.39 is 0 Å². The molecule has 0 radical (unpaired) electrons. The molecule has 3 aromatic rings. The van der Waals surface area contributed by atoms with Gasteiger partial charge in [0.25, 0.3) is 0 Å². The van der Waals surface area contributed by atoms with Crippen LogP contribution in [0.4, 0.5) is 0 Å². The van der Waals surface area contributed by atoms with Crippen LogP contribution in [0.1, 0.15) is 54.9 Å². The number of fused-ring (bicyclic) bond motifs is 2. The highest BCUT2D eigenvalue weighted by molar-refractivity contribution is 6.31. The minimum atomic E-state index is -0.291. The molecule has 0 spiro atoms. The van der Waals surface area contributed by atoms with Crippen molar-refractivity contribution in [2.45, 2.75) is 13.8 Å². The lowest BCUT2D eigenvalue weighted by atomic mass is 9.85. The van der Waals surface area contributed by atoms with Gasteiger partial charge in [-0.25, -0.2) is 0 Å². The molecule has 4 rings (SSSR count). The minimum absolute atomic E-state index is 0.194. The zero-order valence-electron chi connectivity index (χ0n) is 15.2. The molecule has 0 aliphatic heterocycles. The molecule has 134 valence electrons. The number of rotatable bonds is 3. The van der Waals surface area contributed by atoms with Crippen LogP contribution in [0.15, 0.2) is 48.5 Å². The molecular weight excluding hydrogens is 342 g/mol. The van der Waals surface area contributed by atoms with Crippen molar-refractivity contribution in [1.29, 1.82) is 0 Å². The fourth-order valence-corrected chi connectivity index (χ4v) is 3.75. The summed E-state index contributed by atoms with van der Waals surface area (Å²) in [5.74, 6) is -0.110. The van der Waals surface area contributed by atoms with Gasteiger partial charge in [0.1, 0.15) is 11.4 Å². The van der Waals surface area contributed by atoms with Crippen molar-refractivity contribution < 1.29 is 19.1 Å². The number of methoxy groups -OCH3 is 1. The Morgan fingerprint density at radius 2 is 1.52 bits per heavy atom. The van der Waals surface area contributed by atoms with Crippen molar-refractivity contribution in [1.82, 2.24) is 4.57 Å². The van der Waals surface area contributed by atoms with Crippen molar-refractivity contribution in [3.63, 3.8) is 0 Å². The topological polar surface area (TPSA) is 65.4 Å². The van der Waals surface area contributed by atoms with Crippen molar-refractivity contribution in [2.75, 3.05) is 7.11 Å². The van der Waals surface area contributed by atoms with E-state index in [9.17, 15) is 14.4 Å². The SMILES string of the molecule is COc1ccc(-n2c(C)c(C(C)=O)c3c2C(=O)c2ccccc2C3=O)cc1. The molecule has 1 aromatic heterocycles. The van der Waals surface area contributed by atoms with E-state index in [0.29, 0.717) is 33.8 Å². The number of nitrogens with zero attached hydrogens (tertiary/aromatic N) is 1. The van der Waals surface area contributed by atoms with E-state index in [1.54, 1.807) is 67.1 Å². The van der Waals surface area contributed by atoms with Crippen molar-refractivity contribution in [3.8, 4) is 11.4 Å². The van der Waals surface area contributed by atoms with Crippen LogP contribution < -0.4 is 4.74 Å². The number of carbonyl (C=O) groups is 3. The smallest absolute Gasteiger partial charge is 0.211 e. The van der Waals surface area contributed by atoms with Gasteiger partial charge in [0.15, 0.2) is 11.6 Å². The molecule has 0 saturated heterocycles. The third-order valence-electron chi connectivity index (χ3n) is 4.95. The van der Waals surface area contributed by atoms with Crippen LogP contribution in [0.5, 0.6) is 5.75 Å². The molecule has 5 heteroatoms. The first-order chi connectivity index (χ1) is 13.0. The lowest BCUT2D eigenvalue weighted by Gasteiger charge is -2.18. The largest absolute Gasteiger partial charge is 0.497 e. The summed E-state index contributed by atoms with van der Waals surface area (Å²) < 4.78 is 6.89. The fraction of sp³-hybridized carbons (Fsp3) is 0.136. The molecule has 0 bridgehead atoms. The Balaban J connectivity index is 2.06. The van der Waals surface area contributed by atoms with Crippen LogP contribution in [0.2, 0.25) is 0 Å². The number of ether oxygens (including phenoxy) is 1. The molecule has 1 heterocycles. The van der Waals surface area contributed by atoms with Gasteiger partial charge in [0.2, 0.25) is 5.78 Å². The molecule has 1 aliphatic rings. The minimum Gasteiger partial charge on any atom is -0.497 e. The molecule has 27 heavy (non-hydrogen) atoms. The second-order valence-electron chi connectivity index (χ2n) is 6.48. The van der Waals surface area contributed by atoms with Gasteiger partial charge in [0.05, 0.1) is 18.2 Å². The van der Waals surface area contributed by atoms with E-state index >= 15 is 0 Å². The van der Waals surface area contributed by atoms with Gasteiger partial charge in [-0.2, -0.15) is 0 Å². The Morgan fingerprint density at radius 1 is 0.926 bits per heavy atom. The van der Waals surface area contributed by atoms with Crippen LogP contribution in [-0.2, 0) is 0 Å². The van der Waals surface area contributed by atoms with Gasteiger partial charge >= 0.3 is 0 Å². The number of hydrogen-bond donors (Lipinski definition) is 0. The Bertz CT molecular complexity index is 1120. The molecule has 1 aliphatic carbocycles. The summed E-state index contributed by atoms with van der Waals surface area (Å²) in [5, 5.41) is 0. The van der Waals surface area contributed by atoms with Gasteiger partial charge in [-0.1, -0.05) is 24.3 Å². The van der Waals surface area contributed by atoms with Crippen LogP contribution in [0.3, 0.4) is 0 Å². The summed E-state index contributed by atoms with van der Waals surface area (Å²) in [5.41, 5.74) is 2.70. The van der Waals surface area contributed by atoms with E-state index in [-0.39, 0.29) is 28.6 Å². The highest BCUT2D eigenvalue weighted by Gasteiger charge is 2.38. The molecule has 0 unspecified atom stereocenters.